The van der Waals surface area contributed by atoms with Gasteiger partial charge in [-0.1, -0.05) is 289 Å². The van der Waals surface area contributed by atoms with E-state index in [0.29, 0.717) is 6.42 Å². The Hall–Kier alpha value is -1.27. The Morgan fingerprint density at radius 2 is 0.785 bits per heavy atom. The Balaban J connectivity index is 1.64. The molecular formula is C65H125NO13. The number of carbonyl (C=O) groups excluding carboxylic acids is 1. The number of aliphatic hydroxyl groups is 8. The average Bonchev–Trinajstić information content (AvgIpc) is 3.53. The van der Waals surface area contributed by atoms with Gasteiger partial charge in [0.15, 0.2) is 12.6 Å². The van der Waals surface area contributed by atoms with Gasteiger partial charge in [0.1, 0.15) is 48.8 Å². The maximum Gasteiger partial charge on any atom is 0.220 e. The van der Waals surface area contributed by atoms with E-state index in [1.165, 1.54) is 238 Å². The number of amides is 1. The Kier molecular flexibility index (Phi) is 47.8. The van der Waals surface area contributed by atoms with Gasteiger partial charge in [-0.25, -0.2) is 0 Å². The van der Waals surface area contributed by atoms with Crippen LogP contribution in [0.25, 0.3) is 0 Å². The van der Waals surface area contributed by atoms with Crippen molar-refractivity contribution in [2.45, 2.75) is 376 Å². The van der Waals surface area contributed by atoms with E-state index < -0.39 is 86.8 Å². The monoisotopic (exact) mass is 1130 g/mol. The van der Waals surface area contributed by atoms with E-state index in [1.807, 2.05) is 6.08 Å². The average molecular weight is 1130 g/mol. The van der Waals surface area contributed by atoms with Gasteiger partial charge >= 0.3 is 0 Å². The van der Waals surface area contributed by atoms with Crippen LogP contribution >= 0.6 is 0 Å². The predicted octanol–water partition coefficient (Wildman–Crippen LogP) is 12.6. The molecule has 0 radical (unpaired) electrons. The molecule has 79 heavy (non-hydrogen) atoms. The predicted molar refractivity (Wildman–Crippen MR) is 319 cm³/mol. The SMILES string of the molecule is CCCCCCCCCCCCCCCCCCCCCCCCCCCCCCCC/C=C/C(O)C(COC1OC(CO)C(OC2OC(CO)C(O)C(O)C2O)C(O)C1O)NC(=O)CCCCCCCCCCCCCCC. The lowest BCUT2D eigenvalue weighted by atomic mass is 9.97. The summed E-state index contributed by atoms with van der Waals surface area (Å²) >= 11 is 0. The molecule has 0 spiro atoms. The van der Waals surface area contributed by atoms with Crippen LogP contribution in [0.2, 0.25) is 0 Å². The van der Waals surface area contributed by atoms with E-state index in [4.69, 9.17) is 18.9 Å². The maximum atomic E-state index is 13.2. The molecule has 2 aliphatic rings. The van der Waals surface area contributed by atoms with Gasteiger partial charge in [0, 0.05) is 6.42 Å². The van der Waals surface area contributed by atoms with Crippen LogP contribution in [-0.4, -0.2) is 140 Å². The third kappa shape index (κ3) is 36.2. The van der Waals surface area contributed by atoms with Crippen LogP contribution in [0.4, 0.5) is 0 Å². The molecule has 0 aromatic carbocycles. The molecule has 2 rings (SSSR count). The Morgan fingerprint density at radius 3 is 1.16 bits per heavy atom. The zero-order chi connectivity index (χ0) is 57.4. The highest BCUT2D eigenvalue weighted by Gasteiger charge is 2.51. The van der Waals surface area contributed by atoms with Crippen molar-refractivity contribution in [2.75, 3.05) is 19.8 Å². The summed E-state index contributed by atoms with van der Waals surface area (Å²) in [5.74, 6) is -0.235. The van der Waals surface area contributed by atoms with E-state index in [2.05, 4.69) is 19.2 Å². The van der Waals surface area contributed by atoms with E-state index in [9.17, 15) is 45.6 Å². The lowest BCUT2D eigenvalue weighted by Crippen LogP contribution is -2.65. The summed E-state index contributed by atoms with van der Waals surface area (Å²) in [6.07, 6.45) is 44.3. The van der Waals surface area contributed by atoms with Gasteiger partial charge in [0.05, 0.1) is 32.0 Å². The molecule has 12 atom stereocenters. The second-order valence-corrected chi connectivity index (χ2v) is 24.0. The number of hydrogen-bond acceptors (Lipinski definition) is 13. The summed E-state index contributed by atoms with van der Waals surface area (Å²) in [6.45, 7) is 2.83. The standard InChI is InChI=1S/C65H125NO13/c1-3-5-7-9-11-13-15-17-18-19-20-21-22-23-24-25-26-27-28-29-30-31-32-33-34-35-37-38-40-42-44-46-48-54(69)53(66-57(70)49-47-45-43-41-39-36-16-14-12-10-8-6-4-2)52-76-64-62(75)60(73)63(56(51-68)78-64)79-65-61(74)59(72)58(71)55(50-67)77-65/h46,48,53-56,58-65,67-69,71-75H,3-45,47,49-52H2,1-2H3,(H,66,70)/b48-46+. The van der Waals surface area contributed by atoms with Crippen LogP contribution in [0.15, 0.2) is 12.2 Å². The molecule has 1 amide bonds. The first-order chi connectivity index (χ1) is 38.6. The van der Waals surface area contributed by atoms with Crippen molar-refractivity contribution in [3.63, 3.8) is 0 Å². The molecule has 2 saturated heterocycles. The Labute approximate surface area is 482 Å². The number of ether oxygens (including phenoxy) is 4. The minimum atomic E-state index is -1.79. The van der Waals surface area contributed by atoms with Crippen LogP contribution < -0.4 is 5.32 Å². The third-order valence-electron chi connectivity index (χ3n) is 16.7. The highest BCUT2D eigenvalue weighted by Crippen LogP contribution is 2.30. The molecule has 0 bridgehead atoms. The Bertz CT molecular complexity index is 1380. The van der Waals surface area contributed by atoms with Gasteiger partial charge in [0.2, 0.25) is 5.91 Å². The van der Waals surface area contributed by atoms with Gasteiger partial charge in [-0.2, -0.15) is 0 Å². The fourth-order valence-corrected chi connectivity index (χ4v) is 11.4. The summed E-state index contributed by atoms with van der Waals surface area (Å²) < 4.78 is 22.8. The lowest BCUT2D eigenvalue weighted by Gasteiger charge is -2.46. The number of nitrogens with one attached hydrogen (secondary N) is 1. The van der Waals surface area contributed by atoms with Crippen molar-refractivity contribution in [1.29, 1.82) is 0 Å². The van der Waals surface area contributed by atoms with Crippen molar-refractivity contribution in [1.82, 2.24) is 5.32 Å². The number of aliphatic hydroxyl groups excluding tert-OH is 8. The molecule has 0 aromatic heterocycles. The first-order valence-corrected chi connectivity index (χ1v) is 33.4. The van der Waals surface area contributed by atoms with Crippen LogP contribution in [0.1, 0.15) is 303 Å². The molecule has 468 valence electrons. The number of rotatable bonds is 55. The zero-order valence-electron chi connectivity index (χ0n) is 50.6. The summed E-state index contributed by atoms with van der Waals surface area (Å²) in [7, 11) is 0. The van der Waals surface area contributed by atoms with E-state index in [0.717, 1.165) is 38.5 Å². The summed E-state index contributed by atoms with van der Waals surface area (Å²) in [6, 6.07) is -0.909. The summed E-state index contributed by atoms with van der Waals surface area (Å²) in [5, 5.41) is 87.2. The van der Waals surface area contributed by atoms with Crippen LogP contribution in [-0.2, 0) is 23.7 Å². The quantitative estimate of drug-likeness (QED) is 0.0204. The molecule has 2 fully saturated rings. The largest absolute Gasteiger partial charge is 0.394 e. The second-order valence-electron chi connectivity index (χ2n) is 24.0. The minimum Gasteiger partial charge on any atom is -0.394 e. The van der Waals surface area contributed by atoms with Crippen molar-refractivity contribution in [2.24, 2.45) is 0 Å². The molecule has 12 unspecified atom stereocenters. The van der Waals surface area contributed by atoms with Crippen molar-refractivity contribution >= 4 is 5.91 Å². The van der Waals surface area contributed by atoms with Gasteiger partial charge < -0.3 is 65.1 Å². The van der Waals surface area contributed by atoms with Crippen molar-refractivity contribution in [3.8, 4) is 0 Å². The van der Waals surface area contributed by atoms with Gasteiger partial charge in [0.25, 0.3) is 0 Å². The van der Waals surface area contributed by atoms with E-state index in [1.54, 1.807) is 6.08 Å². The third-order valence-corrected chi connectivity index (χ3v) is 16.7. The molecule has 14 heteroatoms. The lowest BCUT2D eigenvalue weighted by molar-refractivity contribution is -0.359. The molecule has 0 saturated carbocycles. The van der Waals surface area contributed by atoms with Gasteiger partial charge in [-0.3, -0.25) is 4.79 Å². The van der Waals surface area contributed by atoms with Crippen molar-refractivity contribution < 1.29 is 64.6 Å². The summed E-state index contributed by atoms with van der Waals surface area (Å²) in [4.78, 5) is 13.2. The smallest absolute Gasteiger partial charge is 0.220 e. The molecule has 0 aliphatic carbocycles. The fraction of sp³-hybridized carbons (Fsp3) is 0.954. The molecular weight excluding hydrogens is 1000 g/mol. The molecule has 0 aromatic rings. The fourth-order valence-electron chi connectivity index (χ4n) is 11.4. The first kappa shape index (κ1) is 73.8. The zero-order valence-corrected chi connectivity index (χ0v) is 50.6. The van der Waals surface area contributed by atoms with Crippen LogP contribution in [0.5, 0.6) is 0 Å². The summed E-state index contributed by atoms with van der Waals surface area (Å²) in [5.41, 5.74) is 0. The highest BCUT2D eigenvalue weighted by molar-refractivity contribution is 5.76. The number of unbranched alkanes of at least 4 members (excludes halogenated alkanes) is 42. The second kappa shape index (κ2) is 51.2. The minimum absolute atomic E-state index is 0.235. The van der Waals surface area contributed by atoms with E-state index in [-0.39, 0.29) is 18.9 Å². The maximum absolute atomic E-state index is 13.2. The number of hydrogen-bond donors (Lipinski definition) is 9. The number of carbonyl (C=O) groups is 1. The van der Waals surface area contributed by atoms with Crippen LogP contribution in [0.3, 0.4) is 0 Å². The molecule has 9 N–H and O–H groups in total. The Morgan fingerprint density at radius 1 is 0.443 bits per heavy atom. The van der Waals surface area contributed by atoms with Gasteiger partial charge in [-0.15, -0.1) is 0 Å². The molecule has 2 heterocycles. The number of allylic oxidation sites excluding steroid dienone is 1. The highest BCUT2D eigenvalue weighted by atomic mass is 16.7. The first-order valence-electron chi connectivity index (χ1n) is 33.4. The topological polar surface area (TPSA) is 228 Å². The van der Waals surface area contributed by atoms with Gasteiger partial charge in [-0.05, 0) is 19.3 Å². The van der Waals surface area contributed by atoms with Crippen molar-refractivity contribution in [3.05, 3.63) is 12.2 Å². The van der Waals surface area contributed by atoms with Crippen LogP contribution in [0, 0.1) is 0 Å². The molecule has 14 nitrogen and oxygen atoms in total. The van der Waals surface area contributed by atoms with E-state index >= 15 is 0 Å². The normalized spacial score (nSPS) is 24.4. The molecule has 2 aliphatic heterocycles.